The summed E-state index contributed by atoms with van der Waals surface area (Å²) in [6.45, 7) is 2.44. The number of para-hydroxylation sites is 1. The highest BCUT2D eigenvalue weighted by molar-refractivity contribution is 7.16. The number of thiazole rings is 1. The molecule has 24 heavy (non-hydrogen) atoms. The van der Waals surface area contributed by atoms with Gasteiger partial charge in [-0.1, -0.05) is 12.1 Å². The molecule has 0 bridgehead atoms. The molecule has 2 aromatic heterocycles. The fourth-order valence-electron chi connectivity index (χ4n) is 2.55. The third-order valence-electron chi connectivity index (χ3n) is 3.62. The summed E-state index contributed by atoms with van der Waals surface area (Å²) < 4.78 is 12.3. The van der Waals surface area contributed by atoms with Crippen molar-refractivity contribution in [2.45, 2.75) is 6.92 Å². The van der Waals surface area contributed by atoms with E-state index >= 15 is 0 Å². The Morgan fingerprint density at radius 1 is 1.29 bits per heavy atom. The summed E-state index contributed by atoms with van der Waals surface area (Å²) in [5.41, 5.74) is 3.91. The summed E-state index contributed by atoms with van der Waals surface area (Å²) in [5, 5.41) is 3.68. The summed E-state index contributed by atoms with van der Waals surface area (Å²) in [6.07, 6.45) is 0. The molecule has 5 nitrogen and oxygen atoms in total. The van der Waals surface area contributed by atoms with E-state index in [9.17, 15) is 4.79 Å². The van der Waals surface area contributed by atoms with Crippen LogP contribution in [0.3, 0.4) is 0 Å². The lowest BCUT2D eigenvalue weighted by Gasteiger charge is -2.03. The summed E-state index contributed by atoms with van der Waals surface area (Å²) in [4.78, 5) is 16.7. The normalized spacial score (nSPS) is 11.0. The molecule has 0 spiro atoms. The van der Waals surface area contributed by atoms with Crippen molar-refractivity contribution in [3.8, 4) is 5.75 Å². The van der Waals surface area contributed by atoms with Crippen LogP contribution in [0.2, 0.25) is 0 Å². The lowest BCUT2D eigenvalue weighted by molar-refractivity contribution is 0.0998. The Morgan fingerprint density at radius 3 is 3.08 bits per heavy atom. The minimum Gasteiger partial charge on any atom is -0.490 e. The number of fused-ring (bicyclic) bond motifs is 2. The molecule has 4 aromatic rings. The van der Waals surface area contributed by atoms with E-state index in [1.807, 2.05) is 43.3 Å². The monoisotopic (exact) mass is 338 g/mol. The Hall–Kier alpha value is -2.86. The highest BCUT2D eigenvalue weighted by Crippen LogP contribution is 2.29. The van der Waals surface area contributed by atoms with Gasteiger partial charge in [0.25, 0.3) is 5.91 Å². The van der Waals surface area contributed by atoms with E-state index in [0.29, 0.717) is 23.6 Å². The molecule has 0 atom stereocenters. The molecule has 0 saturated heterocycles. The second-order valence-electron chi connectivity index (χ2n) is 5.21. The van der Waals surface area contributed by atoms with E-state index in [-0.39, 0.29) is 11.7 Å². The zero-order valence-corrected chi connectivity index (χ0v) is 13.7. The van der Waals surface area contributed by atoms with Crippen LogP contribution in [0.15, 0.2) is 52.4 Å². The van der Waals surface area contributed by atoms with Gasteiger partial charge in [0.05, 0.1) is 22.3 Å². The molecule has 120 valence electrons. The van der Waals surface area contributed by atoms with Gasteiger partial charge in [0, 0.05) is 11.1 Å². The number of nitrogens with zero attached hydrogens (tertiary/aromatic N) is 1. The van der Waals surface area contributed by atoms with E-state index in [1.165, 1.54) is 0 Å². The van der Waals surface area contributed by atoms with Crippen molar-refractivity contribution >= 4 is 44.1 Å². The maximum atomic E-state index is 12.5. The zero-order chi connectivity index (χ0) is 16.5. The zero-order valence-electron chi connectivity index (χ0n) is 12.9. The number of carbonyl (C=O) groups excluding carboxylic acids is 1. The number of anilines is 1. The van der Waals surface area contributed by atoms with Crippen LogP contribution in [-0.2, 0) is 0 Å². The molecular formula is C18H14N2O3S. The number of benzene rings is 2. The van der Waals surface area contributed by atoms with Gasteiger partial charge in [-0.3, -0.25) is 4.79 Å². The summed E-state index contributed by atoms with van der Waals surface area (Å²) in [6, 6.07) is 12.9. The van der Waals surface area contributed by atoms with Crippen LogP contribution < -0.4 is 10.1 Å². The second kappa shape index (κ2) is 5.98. The minimum absolute atomic E-state index is 0.246. The van der Waals surface area contributed by atoms with Gasteiger partial charge >= 0.3 is 0 Å². The second-order valence-corrected chi connectivity index (χ2v) is 6.09. The highest BCUT2D eigenvalue weighted by atomic mass is 32.1. The number of amides is 1. The molecule has 2 heterocycles. The van der Waals surface area contributed by atoms with Crippen molar-refractivity contribution in [3.05, 3.63) is 53.7 Å². The van der Waals surface area contributed by atoms with Gasteiger partial charge < -0.3 is 14.5 Å². The molecular weight excluding hydrogens is 324 g/mol. The van der Waals surface area contributed by atoms with Crippen LogP contribution in [0.4, 0.5) is 5.69 Å². The standard InChI is InChI=1S/C18H14N2O3S/c1-2-22-14-5-3-4-11-8-15(23-17(11)14)18(21)20-12-6-7-16-13(9-12)19-10-24-16/h3-10H,2H2,1H3,(H,20,21). The van der Waals surface area contributed by atoms with Crippen LogP contribution in [-0.4, -0.2) is 17.5 Å². The molecule has 6 heteroatoms. The lowest BCUT2D eigenvalue weighted by Crippen LogP contribution is -2.10. The number of carbonyl (C=O) groups is 1. The Balaban J connectivity index is 1.64. The van der Waals surface area contributed by atoms with Gasteiger partial charge in [-0.25, -0.2) is 4.98 Å². The van der Waals surface area contributed by atoms with E-state index < -0.39 is 0 Å². The Morgan fingerprint density at radius 2 is 2.21 bits per heavy atom. The third-order valence-corrected chi connectivity index (χ3v) is 4.43. The maximum Gasteiger partial charge on any atom is 0.291 e. The molecule has 0 saturated carbocycles. The quantitative estimate of drug-likeness (QED) is 0.586. The molecule has 1 amide bonds. The molecule has 2 aromatic carbocycles. The first-order valence-corrected chi connectivity index (χ1v) is 8.42. The van der Waals surface area contributed by atoms with E-state index in [1.54, 1.807) is 22.9 Å². The van der Waals surface area contributed by atoms with Crippen LogP contribution in [0, 0.1) is 0 Å². The van der Waals surface area contributed by atoms with E-state index in [0.717, 1.165) is 15.6 Å². The molecule has 1 N–H and O–H groups in total. The molecule has 0 fully saturated rings. The number of hydrogen-bond donors (Lipinski definition) is 1. The maximum absolute atomic E-state index is 12.5. The van der Waals surface area contributed by atoms with Crippen LogP contribution >= 0.6 is 11.3 Å². The van der Waals surface area contributed by atoms with Crippen LogP contribution in [0.25, 0.3) is 21.2 Å². The largest absolute Gasteiger partial charge is 0.490 e. The van der Waals surface area contributed by atoms with E-state index in [2.05, 4.69) is 10.3 Å². The number of ether oxygens (including phenoxy) is 1. The van der Waals surface area contributed by atoms with Crippen molar-refractivity contribution in [1.82, 2.24) is 4.98 Å². The van der Waals surface area contributed by atoms with Crippen molar-refractivity contribution in [3.63, 3.8) is 0 Å². The SMILES string of the molecule is CCOc1cccc2cc(C(=O)Nc3ccc4scnc4c3)oc12. The smallest absolute Gasteiger partial charge is 0.291 e. The summed E-state index contributed by atoms with van der Waals surface area (Å²) in [7, 11) is 0. The minimum atomic E-state index is -0.303. The molecule has 0 aliphatic carbocycles. The number of nitrogens with one attached hydrogen (secondary N) is 1. The number of hydrogen-bond acceptors (Lipinski definition) is 5. The molecule has 4 rings (SSSR count). The molecule has 0 radical (unpaired) electrons. The fraction of sp³-hybridized carbons (Fsp3) is 0.111. The lowest BCUT2D eigenvalue weighted by atomic mass is 10.2. The molecule has 0 aliphatic rings. The van der Waals surface area contributed by atoms with Gasteiger partial charge in [-0.2, -0.15) is 0 Å². The van der Waals surface area contributed by atoms with Gasteiger partial charge in [0.15, 0.2) is 17.1 Å². The van der Waals surface area contributed by atoms with Crippen molar-refractivity contribution in [2.24, 2.45) is 0 Å². The van der Waals surface area contributed by atoms with Gasteiger partial charge in [0.1, 0.15) is 0 Å². The fourth-order valence-corrected chi connectivity index (χ4v) is 3.20. The first-order valence-electron chi connectivity index (χ1n) is 7.54. The third kappa shape index (κ3) is 2.61. The van der Waals surface area contributed by atoms with Crippen molar-refractivity contribution < 1.29 is 13.9 Å². The number of rotatable bonds is 4. The predicted octanol–water partition coefficient (Wildman–Crippen LogP) is 4.69. The van der Waals surface area contributed by atoms with Crippen LogP contribution in [0.1, 0.15) is 17.5 Å². The van der Waals surface area contributed by atoms with Gasteiger partial charge in [-0.05, 0) is 37.3 Å². The van der Waals surface area contributed by atoms with Gasteiger partial charge in [0.2, 0.25) is 0 Å². The number of aromatic nitrogens is 1. The Labute approximate surface area is 141 Å². The van der Waals surface area contributed by atoms with E-state index in [4.69, 9.17) is 9.15 Å². The first kappa shape index (κ1) is 14.7. The highest BCUT2D eigenvalue weighted by Gasteiger charge is 2.15. The van der Waals surface area contributed by atoms with Crippen LogP contribution in [0.5, 0.6) is 5.75 Å². The molecule has 0 unspecified atom stereocenters. The van der Waals surface area contributed by atoms with Gasteiger partial charge in [-0.15, -0.1) is 11.3 Å². The average molecular weight is 338 g/mol. The topological polar surface area (TPSA) is 64.4 Å². The average Bonchev–Trinajstić information content (AvgIpc) is 3.21. The summed E-state index contributed by atoms with van der Waals surface area (Å²) in [5.74, 6) is 0.580. The number of furan rings is 1. The summed E-state index contributed by atoms with van der Waals surface area (Å²) >= 11 is 1.56. The van der Waals surface area contributed by atoms with Crippen molar-refractivity contribution in [2.75, 3.05) is 11.9 Å². The van der Waals surface area contributed by atoms with Crippen molar-refractivity contribution in [1.29, 1.82) is 0 Å². The predicted molar refractivity (Wildman–Crippen MR) is 95.0 cm³/mol. The Kier molecular flexibility index (Phi) is 3.66. The molecule has 0 aliphatic heterocycles. The first-order chi connectivity index (χ1) is 11.7. The Bertz CT molecular complexity index is 1040.